The van der Waals surface area contributed by atoms with Gasteiger partial charge in [0.25, 0.3) is 0 Å². The van der Waals surface area contributed by atoms with Crippen LogP contribution in [0.2, 0.25) is 0 Å². The van der Waals surface area contributed by atoms with E-state index in [9.17, 15) is 22.8 Å². The van der Waals surface area contributed by atoms with Gasteiger partial charge in [-0.15, -0.1) is 0 Å². The van der Waals surface area contributed by atoms with E-state index >= 15 is 0 Å². The maximum absolute atomic E-state index is 13.3. The van der Waals surface area contributed by atoms with Crippen molar-refractivity contribution in [3.8, 4) is 11.1 Å². The second kappa shape index (κ2) is 8.96. The number of benzene rings is 2. The molecule has 4 rings (SSSR count). The number of fused-ring (bicyclic) bond motifs is 1. The van der Waals surface area contributed by atoms with Gasteiger partial charge in [0.1, 0.15) is 0 Å². The number of rotatable bonds is 4. The van der Waals surface area contributed by atoms with Crippen LogP contribution >= 0.6 is 0 Å². The third-order valence-corrected chi connectivity index (χ3v) is 6.18. The SMILES string of the molecule is CC(C)(C)NC(=O)N1CCc2c(-c3cccc(C(F)(F)F)c3)ccc(CNC(=O)C3CC3)c2C1. The molecule has 1 aliphatic heterocycles. The van der Waals surface area contributed by atoms with Gasteiger partial charge in [0.15, 0.2) is 0 Å². The van der Waals surface area contributed by atoms with Crippen molar-refractivity contribution in [3.63, 3.8) is 0 Å². The highest BCUT2D eigenvalue weighted by molar-refractivity contribution is 5.81. The second-order valence-corrected chi connectivity index (χ2v) is 10.2. The lowest BCUT2D eigenvalue weighted by Gasteiger charge is -2.34. The molecule has 34 heavy (non-hydrogen) atoms. The van der Waals surface area contributed by atoms with Crippen LogP contribution in [0.15, 0.2) is 36.4 Å². The molecule has 0 atom stereocenters. The summed E-state index contributed by atoms with van der Waals surface area (Å²) in [5, 5.41) is 5.95. The van der Waals surface area contributed by atoms with Gasteiger partial charge in [-0.2, -0.15) is 13.2 Å². The van der Waals surface area contributed by atoms with Gasteiger partial charge in [0.05, 0.1) is 5.56 Å². The monoisotopic (exact) mass is 473 g/mol. The summed E-state index contributed by atoms with van der Waals surface area (Å²) < 4.78 is 40.0. The third-order valence-electron chi connectivity index (χ3n) is 6.18. The van der Waals surface area contributed by atoms with Crippen LogP contribution in [0.5, 0.6) is 0 Å². The fraction of sp³-hybridized carbons (Fsp3) is 0.462. The molecule has 2 N–H and O–H groups in total. The molecule has 2 aliphatic rings. The Morgan fingerprint density at radius 3 is 2.44 bits per heavy atom. The van der Waals surface area contributed by atoms with Gasteiger partial charge < -0.3 is 15.5 Å². The smallest absolute Gasteiger partial charge is 0.352 e. The minimum atomic E-state index is -4.43. The van der Waals surface area contributed by atoms with E-state index in [4.69, 9.17) is 0 Å². The zero-order valence-electron chi connectivity index (χ0n) is 19.7. The molecule has 182 valence electrons. The first kappa shape index (κ1) is 24.1. The van der Waals surface area contributed by atoms with E-state index < -0.39 is 17.3 Å². The van der Waals surface area contributed by atoms with E-state index in [0.29, 0.717) is 31.6 Å². The summed E-state index contributed by atoms with van der Waals surface area (Å²) in [5.74, 6) is 0.100. The molecule has 1 aliphatic carbocycles. The standard InChI is InChI=1S/C26H30F3N3O2/c1-25(2,3)31-24(34)32-12-11-21-20(17-5-4-6-19(13-17)26(27,28)29)10-9-18(22(21)15-32)14-30-23(33)16-7-8-16/h4-6,9-10,13,16H,7-8,11-12,14-15H2,1-3H3,(H,30,33)(H,31,34). The number of nitrogens with one attached hydrogen (secondary N) is 2. The number of nitrogens with zero attached hydrogens (tertiary/aromatic N) is 1. The number of carbonyl (C=O) groups excluding carboxylic acids is 2. The van der Waals surface area contributed by atoms with Crippen molar-refractivity contribution in [1.82, 2.24) is 15.5 Å². The molecule has 0 unspecified atom stereocenters. The van der Waals surface area contributed by atoms with Gasteiger partial charge in [-0.25, -0.2) is 4.79 Å². The first-order chi connectivity index (χ1) is 15.9. The van der Waals surface area contributed by atoms with Crippen LogP contribution < -0.4 is 10.6 Å². The number of amides is 3. The molecule has 0 spiro atoms. The summed E-state index contributed by atoms with van der Waals surface area (Å²) in [7, 11) is 0. The average molecular weight is 474 g/mol. The lowest BCUT2D eigenvalue weighted by atomic mass is 9.87. The molecule has 3 amide bonds. The Morgan fingerprint density at radius 1 is 1.06 bits per heavy atom. The first-order valence-corrected chi connectivity index (χ1v) is 11.6. The number of hydrogen-bond donors (Lipinski definition) is 2. The molecular weight excluding hydrogens is 443 g/mol. The Bertz CT molecular complexity index is 1100. The summed E-state index contributed by atoms with van der Waals surface area (Å²) in [6.45, 7) is 6.85. The fourth-order valence-corrected chi connectivity index (χ4v) is 4.29. The lowest BCUT2D eigenvalue weighted by molar-refractivity contribution is -0.137. The van der Waals surface area contributed by atoms with E-state index in [1.807, 2.05) is 32.9 Å². The summed E-state index contributed by atoms with van der Waals surface area (Å²) in [5.41, 5.74) is 2.84. The molecule has 0 aromatic heterocycles. The molecule has 1 fully saturated rings. The Morgan fingerprint density at radius 2 is 1.79 bits per heavy atom. The number of halogens is 3. The van der Waals surface area contributed by atoms with Gasteiger partial charge >= 0.3 is 12.2 Å². The molecule has 0 bridgehead atoms. The van der Waals surface area contributed by atoms with Crippen molar-refractivity contribution in [2.24, 2.45) is 5.92 Å². The highest BCUT2D eigenvalue weighted by Gasteiger charge is 2.32. The average Bonchev–Trinajstić information content (AvgIpc) is 3.61. The van der Waals surface area contributed by atoms with Crippen molar-refractivity contribution in [3.05, 3.63) is 58.7 Å². The van der Waals surface area contributed by atoms with Crippen molar-refractivity contribution in [2.75, 3.05) is 6.54 Å². The molecular formula is C26H30F3N3O2. The Hall–Kier alpha value is -3.03. The lowest BCUT2D eigenvalue weighted by Crippen LogP contribution is -2.50. The summed E-state index contributed by atoms with van der Waals surface area (Å²) >= 11 is 0. The molecule has 5 nitrogen and oxygen atoms in total. The van der Waals surface area contributed by atoms with E-state index in [0.717, 1.165) is 41.2 Å². The van der Waals surface area contributed by atoms with Crippen molar-refractivity contribution < 1.29 is 22.8 Å². The number of alkyl halides is 3. The Balaban J connectivity index is 1.68. The van der Waals surface area contributed by atoms with Crippen LogP contribution in [0, 0.1) is 5.92 Å². The number of carbonyl (C=O) groups is 2. The highest BCUT2D eigenvalue weighted by atomic mass is 19.4. The van der Waals surface area contributed by atoms with E-state index in [1.54, 1.807) is 11.0 Å². The molecule has 2 aromatic carbocycles. The van der Waals surface area contributed by atoms with Gasteiger partial charge in [-0.3, -0.25) is 4.79 Å². The highest BCUT2D eigenvalue weighted by Crippen LogP contribution is 2.36. The molecule has 0 radical (unpaired) electrons. The van der Waals surface area contributed by atoms with Gasteiger partial charge in [0, 0.05) is 31.1 Å². The molecule has 1 heterocycles. The van der Waals surface area contributed by atoms with Gasteiger partial charge in [-0.05, 0) is 80.0 Å². The van der Waals surface area contributed by atoms with E-state index in [2.05, 4.69) is 10.6 Å². The van der Waals surface area contributed by atoms with Crippen LogP contribution in [-0.4, -0.2) is 28.9 Å². The predicted molar refractivity (Wildman–Crippen MR) is 124 cm³/mol. The molecule has 1 saturated carbocycles. The van der Waals surface area contributed by atoms with Gasteiger partial charge in [-0.1, -0.05) is 24.3 Å². The summed E-state index contributed by atoms with van der Waals surface area (Å²) in [4.78, 5) is 26.8. The summed E-state index contributed by atoms with van der Waals surface area (Å²) in [6.07, 6.45) is -2.10. The molecule has 2 aromatic rings. The molecule has 0 saturated heterocycles. The van der Waals surface area contributed by atoms with Crippen molar-refractivity contribution in [2.45, 2.75) is 64.8 Å². The van der Waals surface area contributed by atoms with Crippen molar-refractivity contribution in [1.29, 1.82) is 0 Å². The Labute approximate surface area is 197 Å². The summed E-state index contributed by atoms with van der Waals surface area (Å²) in [6, 6.07) is 8.83. The second-order valence-electron chi connectivity index (χ2n) is 10.2. The van der Waals surface area contributed by atoms with Crippen LogP contribution in [0.3, 0.4) is 0 Å². The number of urea groups is 1. The largest absolute Gasteiger partial charge is 0.416 e. The quantitative estimate of drug-likeness (QED) is 0.636. The first-order valence-electron chi connectivity index (χ1n) is 11.6. The topological polar surface area (TPSA) is 61.4 Å². The maximum atomic E-state index is 13.3. The fourth-order valence-electron chi connectivity index (χ4n) is 4.29. The van der Waals surface area contributed by atoms with Crippen molar-refractivity contribution >= 4 is 11.9 Å². The third kappa shape index (κ3) is 5.54. The van der Waals surface area contributed by atoms with Gasteiger partial charge in [0.2, 0.25) is 5.91 Å². The zero-order chi connectivity index (χ0) is 24.7. The minimum Gasteiger partial charge on any atom is -0.352 e. The van der Waals surface area contributed by atoms with Crippen LogP contribution in [0.4, 0.5) is 18.0 Å². The van der Waals surface area contributed by atoms with Crippen LogP contribution in [0.1, 0.15) is 55.9 Å². The van der Waals surface area contributed by atoms with E-state index in [1.165, 1.54) is 12.1 Å². The number of hydrogen-bond acceptors (Lipinski definition) is 2. The van der Waals surface area contributed by atoms with Crippen LogP contribution in [0.25, 0.3) is 11.1 Å². The zero-order valence-corrected chi connectivity index (χ0v) is 19.7. The maximum Gasteiger partial charge on any atom is 0.416 e. The predicted octanol–water partition coefficient (Wildman–Crippen LogP) is 5.26. The minimum absolute atomic E-state index is 0.0221. The van der Waals surface area contributed by atoms with E-state index in [-0.39, 0.29) is 17.9 Å². The molecule has 8 heteroatoms. The Kier molecular flexibility index (Phi) is 6.36. The normalized spacial score (nSPS) is 16.1. The van der Waals surface area contributed by atoms with Crippen LogP contribution in [-0.2, 0) is 30.5 Å².